The van der Waals surface area contributed by atoms with E-state index in [0.29, 0.717) is 17.3 Å². The normalized spacial score (nSPS) is 21.9. The number of nitro benzene ring substituents is 1. The van der Waals surface area contributed by atoms with E-state index in [9.17, 15) is 89.3 Å². The first-order chi connectivity index (χ1) is 46.3. The van der Waals surface area contributed by atoms with Crippen molar-refractivity contribution in [1.29, 1.82) is 0 Å². The number of hydrogen-bond donors (Lipinski definition) is 14. The number of carboxylic acids is 2. The number of amides is 6. The fourth-order valence-corrected chi connectivity index (χ4v) is 12.3. The van der Waals surface area contributed by atoms with Crippen LogP contribution < -0.4 is 31.9 Å². The second-order valence-electron chi connectivity index (χ2n) is 22.8. The first-order valence-electron chi connectivity index (χ1n) is 30.9. The number of nitro groups is 1. The van der Waals surface area contributed by atoms with E-state index < -0.39 is 156 Å². The number of carbonyl (C=O) groups is 8. The number of aliphatic carboxylic acids is 2. The van der Waals surface area contributed by atoms with Gasteiger partial charge in [0.05, 0.1) is 54.6 Å². The van der Waals surface area contributed by atoms with Crippen molar-refractivity contribution in [3.8, 4) is 22.3 Å². The molecule has 7 rings (SSSR count). The molecular formula is C66H79N7O22S2. The monoisotopic (exact) mass is 1390 g/mol. The Morgan fingerprint density at radius 2 is 0.907 bits per heavy atom. The number of carboxylic acid groups (broad SMARTS) is 2. The summed E-state index contributed by atoms with van der Waals surface area (Å²) in [5.74, 6) is -11.2. The zero-order valence-corrected chi connectivity index (χ0v) is 54.5. The van der Waals surface area contributed by atoms with E-state index in [1.807, 2.05) is 60.7 Å². The van der Waals surface area contributed by atoms with Crippen LogP contribution in [-0.2, 0) is 38.1 Å². The van der Waals surface area contributed by atoms with E-state index in [4.69, 9.17) is 18.9 Å². The van der Waals surface area contributed by atoms with E-state index in [-0.39, 0.29) is 67.2 Å². The number of hydrogen-bond acceptors (Lipinski definition) is 22. The summed E-state index contributed by atoms with van der Waals surface area (Å²) < 4.78 is 23.1. The third-order valence-corrected chi connectivity index (χ3v) is 17.9. The summed E-state index contributed by atoms with van der Waals surface area (Å²) in [5.41, 5.74) is 2.98. The number of benzene rings is 5. The molecule has 0 saturated carbocycles. The van der Waals surface area contributed by atoms with Crippen LogP contribution in [0.2, 0.25) is 0 Å². The maximum atomic E-state index is 13.2. The SMILES string of the molecule is CC(=O)N[C@@H]1[C@@H](O)C[C@](OCCCSCCNC(=O)c2ccc(C(=O)NCCSCCCO[C@]3(C(=O)O)C[C@H](O)[C@@H](NC(C)=O)[C@H](C(O)[C@H](O)CNC(=O)c4ccc(-c5ccccc5)cc4)O3)c([N+](=O)[O-])c2)(C(=O)O)O[C@H]1C(O)[C@H](O)CNC(=O)c1ccc(-c2ccccc2)cc1. The second kappa shape index (κ2) is 36.2. The van der Waals surface area contributed by atoms with Gasteiger partial charge in [0.2, 0.25) is 11.8 Å². The number of nitrogens with one attached hydrogen (secondary N) is 6. The topological polar surface area (TPSA) is 451 Å². The van der Waals surface area contributed by atoms with E-state index in [0.717, 1.165) is 48.2 Å². The predicted molar refractivity (Wildman–Crippen MR) is 353 cm³/mol. The molecule has 5 aromatic carbocycles. The summed E-state index contributed by atoms with van der Waals surface area (Å²) in [7, 11) is 0. The number of ether oxygens (including phenoxy) is 4. The van der Waals surface area contributed by atoms with Gasteiger partial charge in [-0.2, -0.15) is 23.5 Å². The van der Waals surface area contributed by atoms with Crippen LogP contribution in [0.15, 0.2) is 127 Å². The summed E-state index contributed by atoms with van der Waals surface area (Å²) in [4.78, 5) is 113. The lowest BCUT2D eigenvalue weighted by atomic mass is 9.88. The van der Waals surface area contributed by atoms with Crippen LogP contribution in [0.1, 0.15) is 81.0 Å². The number of rotatable bonds is 35. The zero-order chi connectivity index (χ0) is 70.4. The Hall–Kier alpha value is -8.44. The molecule has 0 radical (unpaired) electrons. The van der Waals surface area contributed by atoms with Crippen molar-refractivity contribution in [2.75, 3.05) is 62.4 Å². The van der Waals surface area contributed by atoms with Crippen molar-refractivity contribution in [2.45, 2.75) is 112 Å². The first-order valence-corrected chi connectivity index (χ1v) is 33.2. The van der Waals surface area contributed by atoms with Crippen molar-refractivity contribution in [3.63, 3.8) is 0 Å². The number of aliphatic hydroxyl groups excluding tert-OH is 6. The molecular weight excluding hydrogens is 1310 g/mol. The lowest BCUT2D eigenvalue weighted by Gasteiger charge is -2.46. The Morgan fingerprint density at radius 3 is 1.29 bits per heavy atom. The van der Waals surface area contributed by atoms with Crippen LogP contribution in [0.4, 0.5) is 5.69 Å². The Bertz CT molecular complexity index is 3510. The van der Waals surface area contributed by atoms with Gasteiger partial charge in [0.15, 0.2) is 0 Å². The van der Waals surface area contributed by atoms with Gasteiger partial charge in [-0.15, -0.1) is 0 Å². The number of thioether (sulfide) groups is 2. The maximum Gasteiger partial charge on any atom is 0.364 e. The van der Waals surface area contributed by atoms with Gasteiger partial charge < -0.3 is 91.7 Å². The van der Waals surface area contributed by atoms with Gasteiger partial charge in [0.1, 0.15) is 30.0 Å². The van der Waals surface area contributed by atoms with Gasteiger partial charge in [-0.25, -0.2) is 9.59 Å². The van der Waals surface area contributed by atoms with Gasteiger partial charge in [0, 0.05) is 87.1 Å². The Balaban J connectivity index is 0.805. The highest BCUT2D eigenvalue weighted by Crippen LogP contribution is 2.36. The highest BCUT2D eigenvalue weighted by molar-refractivity contribution is 7.99. The average molecular weight is 1390 g/mol. The van der Waals surface area contributed by atoms with Crippen molar-refractivity contribution in [2.24, 2.45) is 0 Å². The molecule has 31 heteroatoms. The molecule has 2 aliphatic rings. The number of carbonyl (C=O) groups excluding carboxylic acids is 6. The minimum Gasteiger partial charge on any atom is -0.477 e. The molecule has 12 atom stereocenters. The van der Waals surface area contributed by atoms with E-state index in [1.54, 1.807) is 48.5 Å². The quantitative estimate of drug-likeness (QED) is 0.0156. The predicted octanol–water partition coefficient (Wildman–Crippen LogP) is 1.84. The van der Waals surface area contributed by atoms with Crippen molar-refractivity contribution >= 4 is 76.6 Å². The molecule has 2 fully saturated rings. The first kappa shape index (κ1) is 75.9. The minimum atomic E-state index is -2.55. The van der Waals surface area contributed by atoms with Crippen LogP contribution >= 0.6 is 23.5 Å². The molecule has 97 heavy (non-hydrogen) atoms. The molecule has 0 aromatic heterocycles. The third-order valence-electron chi connectivity index (χ3n) is 15.8. The summed E-state index contributed by atoms with van der Waals surface area (Å²) in [6, 6.07) is 32.6. The molecule has 0 bridgehead atoms. The van der Waals surface area contributed by atoms with Gasteiger partial charge in [-0.3, -0.25) is 38.9 Å². The minimum absolute atomic E-state index is 0.0271. The molecule has 2 unspecified atom stereocenters. The van der Waals surface area contributed by atoms with Gasteiger partial charge in [0.25, 0.3) is 40.9 Å². The number of nitrogens with zero attached hydrogens (tertiary/aromatic N) is 1. The molecule has 5 aromatic rings. The lowest BCUT2D eigenvalue weighted by molar-refractivity contribution is -0.385. The third kappa shape index (κ3) is 21.0. The molecule has 2 saturated heterocycles. The standard InChI is InChI=1S/C66H79N7O22S2/c1-38(74)71-53-49(76)34-65(63(86)87,94-57(53)55(80)51(78)36-69-59(82)44-19-15-42(16-20-44)40-11-5-3-6-12-40)92-27-9-29-96-31-25-67-61(84)46-23-24-47(48(33-46)73(90)91)62(85)68-26-32-97-30-10-28-93-66(64(88)89)35-50(77)54(72-39(2)75)58(95-66)56(81)52(79)37-70-60(83)45-21-17-43(18-22-45)41-13-7-4-8-14-41/h3-8,11-24,33,49-58,76-81H,9-10,25-32,34-37H2,1-2H3,(H,67,84)(H,68,85)(H,69,82)(H,70,83)(H,71,74)(H,72,75)(H,86,87)(H,88,89)/t49-,50-,51+,52+,53+,54+,55?,56?,57+,58+,65+,66+/m0/s1. The van der Waals surface area contributed by atoms with E-state index in [1.165, 1.54) is 29.6 Å². The molecule has 522 valence electrons. The largest absolute Gasteiger partial charge is 0.477 e. The summed E-state index contributed by atoms with van der Waals surface area (Å²) in [5, 5.41) is 115. The maximum absolute atomic E-state index is 13.2. The van der Waals surface area contributed by atoms with Gasteiger partial charge >= 0.3 is 11.9 Å². The van der Waals surface area contributed by atoms with Crippen LogP contribution in [0.5, 0.6) is 0 Å². The summed E-state index contributed by atoms with van der Waals surface area (Å²) >= 11 is 2.62. The Morgan fingerprint density at radius 1 is 0.536 bits per heavy atom. The summed E-state index contributed by atoms with van der Waals surface area (Å²) in [6.07, 6.45) is -15.3. The lowest BCUT2D eigenvalue weighted by Crippen LogP contribution is -2.68. The molecule has 0 aliphatic carbocycles. The molecule has 14 N–H and O–H groups in total. The highest BCUT2D eigenvalue weighted by atomic mass is 32.2. The van der Waals surface area contributed by atoms with Crippen LogP contribution in [0.25, 0.3) is 22.3 Å². The Kier molecular flexibility index (Phi) is 28.4. The van der Waals surface area contributed by atoms with Crippen molar-refractivity contribution in [3.05, 3.63) is 160 Å². The van der Waals surface area contributed by atoms with Crippen molar-refractivity contribution < 1.29 is 103 Å². The smallest absolute Gasteiger partial charge is 0.364 e. The van der Waals surface area contributed by atoms with Crippen molar-refractivity contribution in [1.82, 2.24) is 31.9 Å². The summed E-state index contributed by atoms with van der Waals surface area (Å²) in [6.45, 7) is 0.771. The zero-order valence-electron chi connectivity index (χ0n) is 52.9. The van der Waals surface area contributed by atoms with E-state index >= 15 is 0 Å². The van der Waals surface area contributed by atoms with Crippen LogP contribution in [-0.4, -0.2) is 228 Å². The molecule has 2 heterocycles. The van der Waals surface area contributed by atoms with E-state index in [2.05, 4.69) is 31.9 Å². The number of aliphatic hydroxyl groups is 6. The van der Waals surface area contributed by atoms with Crippen LogP contribution in [0, 0.1) is 10.1 Å². The highest BCUT2D eigenvalue weighted by Gasteiger charge is 2.57. The molecule has 2 aliphatic heterocycles. The molecule has 29 nitrogen and oxygen atoms in total. The fraction of sp³-hybridized carbons (Fsp3) is 0.424. The van der Waals surface area contributed by atoms with Crippen LogP contribution in [0.3, 0.4) is 0 Å². The van der Waals surface area contributed by atoms with Gasteiger partial charge in [-0.05, 0) is 83.0 Å². The molecule has 0 spiro atoms. The average Bonchev–Trinajstić information content (AvgIpc) is 0.918. The van der Waals surface area contributed by atoms with Gasteiger partial charge in [-0.1, -0.05) is 84.9 Å². The molecule has 6 amide bonds. The Labute approximate surface area is 565 Å². The second-order valence-corrected chi connectivity index (χ2v) is 25.3. The fourth-order valence-electron chi connectivity index (χ4n) is 10.8.